The predicted octanol–water partition coefficient (Wildman–Crippen LogP) is 2.14. The van der Waals surface area contributed by atoms with E-state index in [9.17, 15) is 13.2 Å². The highest BCUT2D eigenvalue weighted by molar-refractivity contribution is 7.89. The molecule has 1 aromatic heterocycles. The standard InChI is InChI=1S/C23H26N4O6S/c1-16-24-23(25-33-16)18-6-4-17(5-7-18)14-22(28)26-10-12-27(13-11-26)34(29,30)19-8-9-20(31-2)21(15-19)32-3/h4-9,15H,10-14H2,1-3H3. The van der Waals surface area contributed by atoms with E-state index in [1.165, 1.54) is 30.7 Å². The van der Waals surface area contributed by atoms with Gasteiger partial charge in [0.05, 0.1) is 25.5 Å². The van der Waals surface area contributed by atoms with E-state index < -0.39 is 10.0 Å². The highest BCUT2D eigenvalue weighted by atomic mass is 32.2. The van der Waals surface area contributed by atoms with Crippen LogP contribution in [0.25, 0.3) is 11.4 Å². The molecular formula is C23H26N4O6S. The summed E-state index contributed by atoms with van der Waals surface area (Å²) in [7, 11) is -0.769. The molecule has 1 aliphatic rings. The number of nitrogens with zero attached hydrogens (tertiary/aromatic N) is 4. The molecule has 34 heavy (non-hydrogen) atoms. The maximum atomic E-state index is 13.1. The van der Waals surface area contributed by atoms with Gasteiger partial charge in [0.15, 0.2) is 11.5 Å². The quantitative estimate of drug-likeness (QED) is 0.499. The molecule has 2 heterocycles. The zero-order valence-corrected chi connectivity index (χ0v) is 20.0. The summed E-state index contributed by atoms with van der Waals surface area (Å²) in [5.41, 5.74) is 1.66. The van der Waals surface area contributed by atoms with Crippen molar-refractivity contribution in [2.45, 2.75) is 18.2 Å². The normalized spacial score (nSPS) is 14.7. The van der Waals surface area contributed by atoms with E-state index in [1.54, 1.807) is 17.9 Å². The van der Waals surface area contributed by atoms with Crippen molar-refractivity contribution in [3.8, 4) is 22.9 Å². The van der Waals surface area contributed by atoms with Crippen molar-refractivity contribution in [3.05, 3.63) is 53.9 Å². The number of hydrogen-bond donors (Lipinski definition) is 0. The summed E-state index contributed by atoms with van der Waals surface area (Å²) in [6.07, 6.45) is 0.230. The van der Waals surface area contributed by atoms with Gasteiger partial charge >= 0.3 is 0 Å². The average Bonchev–Trinajstić information content (AvgIpc) is 3.30. The number of sulfonamides is 1. The molecule has 1 fully saturated rings. The van der Waals surface area contributed by atoms with Crippen LogP contribution >= 0.6 is 0 Å². The fourth-order valence-electron chi connectivity index (χ4n) is 3.78. The average molecular weight is 487 g/mol. The van der Waals surface area contributed by atoms with Crippen molar-refractivity contribution in [2.75, 3.05) is 40.4 Å². The van der Waals surface area contributed by atoms with E-state index in [0.29, 0.717) is 36.3 Å². The summed E-state index contributed by atoms with van der Waals surface area (Å²) in [6, 6.07) is 11.9. The molecule has 2 aromatic carbocycles. The number of methoxy groups -OCH3 is 2. The van der Waals surface area contributed by atoms with Crippen LogP contribution in [0.5, 0.6) is 11.5 Å². The van der Waals surface area contributed by atoms with Gasteiger partial charge in [-0.25, -0.2) is 8.42 Å². The maximum absolute atomic E-state index is 13.1. The molecule has 3 aromatic rings. The first-order valence-corrected chi connectivity index (χ1v) is 12.2. The van der Waals surface area contributed by atoms with Crippen LogP contribution in [0.2, 0.25) is 0 Å². The van der Waals surface area contributed by atoms with Gasteiger partial charge in [0, 0.05) is 44.7 Å². The Kier molecular flexibility index (Phi) is 6.85. The number of aryl methyl sites for hydroxylation is 1. The van der Waals surface area contributed by atoms with E-state index >= 15 is 0 Å². The van der Waals surface area contributed by atoms with Crippen molar-refractivity contribution in [1.82, 2.24) is 19.3 Å². The van der Waals surface area contributed by atoms with Gasteiger partial charge in [0.1, 0.15) is 0 Å². The highest BCUT2D eigenvalue weighted by Crippen LogP contribution is 2.31. The Morgan fingerprint density at radius 2 is 1.68 bits per heavy atom. The number of aromatic nitrogens is 2. The van der Waals surface area contributed by atoms with Gasteiger partial charge < -0.3 is 18.9 Å². The van der Waals surface area contributed by atoms with Gasteiger partial charge in [-0.05, 0) is 17.7 Å². The summed E-state index contributed by atoms with van der Waals surface area (Å²) in [6.45, 7) is 2.82. The first kappa shape index (κ1) is 23.7. The molecule has 1 amide bonds. The van der Waals surface area contributed by atoms with Crippen LogP contribution in [0.3, 0.4) is 0 Å². The maximum Gasteiger partial charge on any atom is 0.243 e. The van der Waals surface area contributed by atoms with Gasteiger partial charge in [-0.3, -0.25) is 4.79 Å². The fraction of sp³-hybridized carbons (Fsp3) is 0.348. The first-order valence-electron chi connectivity index (χ1n) is 10.7. The lowest BCUT2D eigenvalue weighted by Gasteiger charge is -2.34. The van der Waals surface area contributed by atoms with Gasteiger partial charge in [-0.2, -0.15) is 9.29 Å². The summed E-state index contributed by atoms with van der Waals surface area (Å²) in [4.78, 5) is 18.8. The van der Waals surface area contributed by atoms with Crippen LogP contribution in [-0.4, -0.2) is 74.1 Å². The van der Waals surface area contributed by atoms with Gasteiger partial charge in [-0.1, -0.05) is 29.4 Å². The zero-order valence-electron chi connectivity index (χ0n) is 19.2. The molecule has 0 radical (unpaired) electrons. The molecule has 1 saturated heterocycles. The smallest absolute Gasteiger partial charge is 0.243 e. The number of benzene rings is 2. The number of piperazine rings is 1. The van der Waals surface area contributed by atoms with Crippen molar-refractivity contribution in [2.24, 2.45) is 0 Å². The lowest BCUT2D eigenvalue weighted by atomic mass is 10.1. The lowest BCUT2D eigenvalue weighted by Crippen LogP contribution is -2.50. The van der Waals surface area contributed by atoms with Gasteiger partial charge in [0.25, 0.3) is 0 Å². The van der Waals surface area contributed by atoms with E-state index in [2.05, 4.69) is 10.1 Å². The molecule has 0 unspecified atom stereocenters. The fourth-order valence-corrected chi connectivity index (χ4v) is 5.22. The van der Waals surface area contributed by atoms with Crippen molar-refractivity contribution in [3.63, 3.8) is 0 Å². The molecule has 10 nitrogen and oxygen atoms in total. The number of ether oxygens (including phenoxy) is 2. The van der Waals surface area contributed by atoms with Crippen molar-refractivity contribution < 1.29 is 27.2 Å². The van der Waals surface area contributed by atoms with Crippen LogP contribution in [0, 0.1) is 6.92 Å². The number of carbonyl (C=O) groups is 1. The minimum absolute atomic E-state index is 0.0497. The van der Waals surface area contributed by atoms with Gasteiger partial charge in [-0.15, -0.1) is 0 Å². The molecule has 0 atom stereocenters. The van der Waals surface area contributed by atoms with Crippen LogP contribution in [-0.2, 0) is 21.2 Å². The molecular weight excluding hydrogens is 460 g/mol. The highest BCUT2D eigenvalue weighted by Gasteiger charge is 2.30. The number of amides is 1. The third-order valence-corrected chi connectivity index (χ3v) is 7.57. The van der Waals surface area contributed by atoms with E-state index in [4.69, 9.17) is 14.0 Å². The summed E-state index contributed by atoms with van der Waals surface area (Å²) in [5.74, 6) is 1.74. The van der Waals surface area contributed by atoms with Crippen LogP contribution in [0.4, 0.5) is 0 Å². The zero-order chi connectivity index (χ0) is 24.3. The Balaban J connectivity index is 1.36. The van der Waals surface area contributed by atoms with E-state index in [0.717, 1.165) is 11.1 Å². The Hall–Kier alpha value is -3.44. The number of rotatable bonds is 7. The second-order valence-electron chi connectivity index (χ2n) is 7.81. The van der Waals surface area contributed by atoms with Crippen molar-refractivity contribution in [1.29, 1.82) is 0 Å². The molecule has 0 bridgehead atoms. The second kappa shape index (κ2) is 9.82. The monoisotopic (exact) mass is 486 g/mol. The van der Waals surface area contributed by atoms with Crippen LogP contribution < -0.4 is 9.47 Å². The third kappa shape index (κ3) is 4.90. The topological polar surface area (TPSA) is 115 Å². The lowest BCUT2D eigenvalue weighted by molar-refractivity contribution is -0.131. The molecule has 4 rings (SSSR count). The Labute approximate surface area is 198 Å². The van der Waals surface area contributed by atoms with Gasteiger partial charge in [0.2, 0.25) is 27.6 Å². The Bertz CT molecular complexity index is 1260. The van der Waals surface area contributed by atoms with E-state index in [-0.39, 0.29) is 30.3 Å². The largest absolute Gasteiger partial charge is 0.493 e. The molecule has 11 heteroatoms. The Morgan fingerprint density at radius 1 is 1.00 bits per heavy atom. The minimum atomic E-state index is -3.72. The molecule has 180 valence electrons. The summed E-state index contributed by atoms with van der Waals surface area (Å²) >= 11 is 0. The molecule has 0 saturated carbocycles. The second-order valence-corrected chi connectivity index (χ2v) is 9.75. The minimum Gasteiger partial charge on any atom is -0.493 e. The van der Waals surface area contributed by atoms with E-state index in [1.807, 2.05) is 24.3 Å². The van der Waals surface area contributed by atoms with Crippen molar-refractivity contribution >= 4 is 15.9 Å². The summed E-state index contributed by atoms with van der Waals surface area (Å²) in [5, 5.41) is 3.89. The third-order valence-electron chi connectivity index (χ3n) is 5.68. The predicted molar refractivity (Wildman–Crippen MR) is 123 cm³/mol. The van der Waals surface area contributed by atoms with Crippen LogP contribution in [0.1, 0.15) is 11.5 Å². The Morgan fingerprint density at radius 3 is 2.26 bits per heavy atom. The first-order chi connectivity index (χ1) is 16.3. The molecule has 1 aliphatic heterocycles. The summed E-state index contributed by atoms with van der Waals surface area (Å²) < 4.78 is 43.0. The molecule has 0 aliphatic carbocycles. The molecule has 0 N–H and O–H groups in total. The molecule has 0 spiro atoms. The number of hydrogen-bond acceptors (Lipinski definition) is 8. The number of carbonyl (C=O) groups excluding carboxylic acids is 1. The van der Waals surface area contributed by atoms with Crippen LogP contribution in [0.15, 0.2) is 51.9 Å². The SMILES string of the molecule is COc1ccc(S(=O)(=O)N2CCN(C(=O)Cc3ccc(-c4noc(C)n4)cc3)CC2)cc1OC.